The van der Waals surface area contributed by atoms with E-state index in [1.165, 1.54) is 30.6 Å². The molecule has 0 amide bonds. The van der Waals surface area contributed by atoms with Crippen LogP contribution in [-0.2, 0) is 0 Å². The molecule has 1 saturated carbocycles. The Hall–Kier alpha value is -0.470. The first kappa shape index (κ1) is 13.0. The zero-order valence-electron chi connectivity index (χ0n) is 10.6. The second-order valence-corrected chi connectivity index (χ2v) is 6.37. The van der Waals surface area contributed by atoms with E-state index in [2.05, 4.69) is 37.3 Å². The third-order valence-electron chi connectivity index (χ3n) is 3.95. The summed E-state index contributed by atoms with van der Waals surface area (Å²) in [7, 11) is 0. The van der Waals surface area contributed by atoms with Crippen molar-refractivity contribution in [2.24, 2.45) is 17.6 Å². The highest BCUT2D eigenvalue weighted by Crippen LogP contribution is 2.40. The van der Waals surface area contributed by atoms with E-state index in [4.69, 9.17) is 5.73 Å². The monoisotopic (exact) mass is 249 g/mol. The Labute approximate surface area is 109 Å². The number of hydrogen-bond donors (Lipinski definition) is 1. The smallest absolute Gasteiger partial charge is 0.0137 e. The van der Waals surface area contributed by atoms with Gasteiger partial charge in [0.1, 0.15) is 0 Å². The zero-order valence-corrected chi connectivity index (χ0v) is 11.5. The molecule has 2 rings (SSSR count). The van der Waals surface area contributed by atoms with E-state index in [1.807, 2.05) is 11.8 Å². The molecule has 1 aliphatic rings. The molecule has 1 aromatic carbocycles. The largest absolute Gasteiger partial charge is 0.330 e. The van der Waals surface area contributed by atoms with Crippen LogP contribution in [0.1, 0.15) is 32.6 Å². The maximum absolute atomic E-state index is 5.92. The SMILES string of the molecule is CCC1CCC(CN)C(Sc2ccccc2)C1. The summed E-state index contributed by atoms with van der Waals surface area (Å²) in [5.74, 6) is 1.63. The summed E-state index contributed by atoms with van der Waals surface area (Å²) in [4.78, 5) is 1.40. The normalized spacial score (nSPS) is 29.2. The lowest BCUT2D eigenvalue weighted by Crippen LogP contribution is -2.32. The predicted molar refractivity (Wildman–Crippen MR) is 76.3 cm³/mol. The average Bonchev–Trinajstić information content (AvgIpc) is 2.40. The minimum atomic E-state index is 0.711. The number of hydrogen-bond acceptors (Lipinski definition) is 2. The number of nitrogens with two attached hydrogens (primary N) is 1. The van der Waals surface area contributed by atoms with Crippen molar-refractivity contribution in [3.63, 3.8) is 0 Å². The summed E-state index contributed by atoms with van der Waals surface area (Å²) in [5.41, 5.74) is 5.92. The van der Waals surface area contributed by atoms with E-state index in [9.17, 15) is 0 Å². The highest BCUT2D eigenvalue weighted by atomic mass is 32.2. The van der Waals surface area contributed by atoms with Crippen molar-refractivity contribution in [3.05, 3.63) is 30.3 Å². The Morgan fingerprint density at radius 3 is 2.65 bits per heavy atom. The van der Waals surface area contributed by atoms with Gasteiger partial charge in [0.25, 0.3) is 0 Å². The van der Waals surface area contributed by atoms with E-state index in [0.29, 0.717) is 5.92 Å². The van der Waals surface area contributed by atoms with Crippen LogP contribution in [0.2, 0.25) is 0 Å². The lowest BCUT2D eigenvalue weighted by molar-refractivity contribution is 0.284. The van der Waals surface area contributed by atoms with Crippen LogP contribution in [0.3, 0.4) is 0 Å². The summed E-state index contributed by atoms with van der Waals surface area (Å²) in [6, 6.07) is 10.8. The van der Waals surface area contributed by atoms with Gasteiger partial charge in [-0.05, 0) is 43.4 Å². The summed E-state index contributed by atoms with van der Waals surface area (Å²) >= 11 is 2.04. The molecule has 0 saturated heterocycles. The summed E-state index contributed by atoms with van der Waals surface area (Å²) in [6.07, 6.45) is 5.37. The summed E-state index contributed by atoms with van der Waals surface area (Å²) < 4.78 is 0. The molecule has 1 aliphatic carbocycles. The van der Waals surface area contributed by atoms with Gasteiger partial charge in [-0.25, -0.2) is 0 Å². The molecule has 94 valence electrons. The first-order valence-electron chi connectivity index (χ1n) is 6.75. The first-order chi connectivity index (χ1) is 8.33. The van der Waals surface area contributed by atoms with Gasteiger partial charge >= 0.3 is 0 Å². The van der Waals surface area contributed by atoms with Gasteiger partial charge in [-0.15, -0.1) is 11.8 Å². The van der Waals surface area contributed by atoms with E-state index in [0.717, 1.165) is 17.7 Å². The molecule has 0 radical (unpaired) electrons. The molecule has 2 N–H and O–H groups in total. The third-order valence-corrected chi connectivity index (χ3v) is 5.37. The molecule has 17 heavy (non-hydrogen) atoms. The minimum Gasteiger partial charge on any atom is -0.330 e. The van der Waals surface area contributed by atoms with Crippen LogP contribution in [0.4, 0.5) is 0 Å². The fourth-order valence-electron chi connectivity index (χ4n) is 2.73. The molecule has 3 atom stereocenters. The average molecular weight is 249 g/mol. The highest BCUT2D eigenvalue weighted by molar-refractivity contribution is 8.00. The molecule has 2 heteroatoms. The van der Waals surface area contributed by atoms with Crippen molar-refractivity contribution in [3.8, 4) is 0 Å². The van der Waals surface area contributed by atoms with Crippen molar-refractivity contribution in [1.29, 1.82) is 0 Å². The second kappa shape index (κ2) is 6.46. The molecular formula is C15H23NS. The molecular weight excluding hydrogens is 226 g/mol. The topological polar surface area (TPSA) is 26.0 Å². The van der Waals surface area contributed by atoms with Crippen LogP contribution >= 0.6 is 11.8 Å². The fraction of sp³-hybridized carbons (Fsp3) is 0.600. The number of benzene rings is 1. The van der Waals surface area contributed by atoms with E-state index < -0.39 is 0 Å². The molecule has 0 aliphatic heterocycles. The van der Waals surface area contributed by atoms with E-state index >= 15 is 0 Å². The Morgan fingerprint density at radius 1 is 1.24 bits per heavy atom. The third kappa shape index (κ3) is 3.49. The number of thioether (sulfide) groups is 1. The molecule has 0 heterocycles. The summed E-state index contributed by atoms with van der Waals surface area (Å²) in [6.45, 7) is 3.17. The van der Waals surface area contributed by atoms with Gasteiger partial charge in [-0.3, -0.25) is 0 Å². The van der Waals surface area contributed by atoms with Gasteiger partial charge in [0.15, 0.2) is 0 Å². The van der Waals surface area contributed by atoms with Crippen LogP contribution in [-0.4, -0.2) is 11.8 Å². The van der Waals surface area contributed by atoms with Crippen LogP contribution < -0.4 is 5.73 Å². The zero-order chi connectivity index (χ0) is 12.1. The van der Waals surface area contributed by atoms with E-state index in [1.54, 1.807) is 0 Å². The minimum absolute atomic E-state index is 0.711. The quantitative estimate of drug-likeness (QED) is 0.875. The van der Waals surface area contributed by atoms with Crippen LogP contribution in [0, 0.1) is 11.8 Å². The maximum atomic E-state index is 5.92. The van der Waals surface area contributed by atoms with Crippen molar-refractivity contribution in [2.45, 2.75) is 42.8 Å². The Balaban J connectivity index is 2.00. The van der Waals surface area contributed by atoms with Gasteiger partial charge in [-0.1, -0.05) is 38.0 Å². The number of rotatable bonds is 4. The molecule has 1 nitrogen and oxygen atoms in total. The Kier molecular flexibility index (Phi) is 4.93. The molecule has 0 spiro atoms. The fourth-order valence-corrected chi connectivity index (χ4v) is 4.21. The van der Waals surface area contributed by atoms with Crippen LogP contribution in [0.25, 0.3) is 0 Å². The van der Waals surface area contributed by atoms with Gasteiger partial charge in [0.05, 0.1) is 0 Å². The Morgan fingerprint density at radius 2 is 2.00 bits per heavy atom. The van der Waals surface area contributed by atoms with Gasteiger partial charge in [-0.2, -0.15) is 0 Å². The van der Waals surface area contributed by atoms with Crippen molar-refractivity contribution in [2.75, 3.05) is 6.54 Å². The van der Waals surface area contributed by atoms with Gasteiger partial charge in [0.2, 0.25) is 0 Å². The molecule has 1 aromatic rings. The van der Waals surface area contributed by atoms with Crippen molar-refractivity contribution in [1.82, 2.24) is 0 Å². The predicted octanol–water partition coefficient (Wildman–Crippen LogP) is 3.93. The molecule has 3 unspecified atom stereocenters. The van der Waals surface area contributed by atoms with Gasteiger partial charge < -0.3 is 5.73 Å². The van der Waals surface area contributed by atoms with Gasteiger partial charge in [0, 0.05) is 10.1 Å². The van der Waals surface area contributed by atoms with Crippen LogP contribution in [0.15, 0.2) is 35.2 Å². The highest BCUT2D eigenvalue weighted by Gasteiger charge is 2.29. The molecule has 1 fully saturated rings. The second-order valence-electron chi connectivity index (χ2n) is 5.05. The molecule has 0 bridgehead atoms. The Bertz CT molecular complexity index is 325. The van der Waals surface area contributed by atoms with E-state index in [-0.39, 0.29) is 0 Å². The maximum Gasteiger partial charge on any atom is 0.0137 e. The standard InChI is InChI=1S/C15H23NS/c1-2-12-8-9-13(11-16)15(10-12)17-14-6-4-3-5-7-14/h3-7,12-13,15H,2,8-11,16H2,1H3. The van der Waals surface area contributed by atoms with Crippen molar-refractivity contribution < 1.29 is 0 Å². The van der Waals surface area contributed by atoms with Crippen LogP contribution in [0.5, 0.6) is 0 Å². The first-order valence-corrected chi connectivity index (χ1v) is 7.63. The molecule has 0 aromatic heterocycles. The summed E-state index contributed by atoms with van der Waals surface area (Å²) in [5, 5.41) is 0.723. The van der Waals surface area contributed by atoms with Crippen molar-refractivity contribution >= 4 is 11.8 Å². The lowest BCUT2D eigenvalue weighted by atomic mass is 9.80. The lowest BCUT2D eigenvalue weighted by Gasteiger charge is -2.35.